The Labute approximate surface area is 252 Å². The molecule has 0 aliphatic carbocycles. The molecule has 0 saturated carbocycles. The summed E-state index contributed by atoms with van der Waals surface area (Å²) in [6.07, 6.45) is 3.32. The lowest BCUT2D eigenvalue weighted by molar-refractivity contribution is 0.0926. The molecule has 1 aliphatic rings. The number of para-hydroxylation sites is 3. The monoisotopic (exact) mass is 566 g/mol. The first-order chi connectivity index (χ1) is 21.7. The topological polar surface area (TPSA) is 59.6 Å². The summed E-state index contributed by atoms with van der Waals surface area (Å²) in [7, 11) is 0. The van der Waals surface area contributed by atoms with Gasteiger partial charge in [0, 0.05) is 34.3 Å². The van der Waals surface area contributed by atoms with Crippen LogP contribution in [0, 0.1) is 6.57 Å². The zero-order valence-electron chi connectivity index (χ0n) is 23.3. The molecule has 5 aromatic carbocycles. The van der Waals surface area contributed by atoms with Crippen molar-refractivity contribution in [3.05, 3.63) is 156 Å². The number of carbonyl (C=O) groups excluding carboxylic acids is 2. The number of pyridine rings is 1. The fourth-order valence-corrected chi connectivity index (χ4v) is 6.38. The highest BCUT2D eigenvalue weighted by molar-refractivity contribution is 6.36. The van der Waals surface area contributed by atoms with Crippen LogP contribution in [0.3, 0.4) is 0 Å². The van der Waals surface area contributed by atoms with E-state index in [9.17, 15) is 9.59 Å². The molecule has 0 saturated heterocycles. The van der Waals surface area contributed by atoms with Crippen molar-refractivity contribution in [1.82, 2.24) is 9.55 Å². The van der Waals surface area contributed by atoms with Gasteiger partial charge in [-0.25, -0.2) is 9.74 Å². The SMILES string of the molecule is [C-]#[N+]c1ccncc1-c1cccc2c3ccccc3n(-c3cccc4c3C(=O)N(c3ccccc3-c3ccccc3)C4=O)c12. The number of hydrogen-bond acceptors (Lipinski definition) is 3. The van der Waals surface area contributed by atoms with E-state index in [1.807, 2.05) is 103 Å². The number of nitrogens with zero attached hydrogens (tertiary/aromatic N) is 4. The van der Waals surface area contributed by atoms with Crippen molar-refractivity contribution >= 4 is 45.0 Å². The zero-order chi connectivity index (χ0) is 29.8. The van der Waals surface area contributed by atoms with E-state index in [2.05, 4.69) is 20.5 Å². The summed E-state index contributed by atoms with van der Waals surface area (Å²) in [6.45, 7) is 7.80. The van der Waals surface area contributed by atoms with E-state index in [1.165, 1.54) is 4.90 Å². The van der Waals surface area contributed by atoms with Crippen LogP contribution in [0.2, 0.25) is 0 Å². The Morgan fingerprint density at radius 1 is 0.591 bits per heavy atom. The Kier molecular flexibility index (Phi) is 5.71. The molecule has 6 nitrogen and oxygen atoms in total. The van der Waals surface area contributed by atoms with Crippen molar-refractivity contribution < 1.29 is 9.59 Å². The normalized spacial score (nSPS) is 12.6. The molecule has 206 valence electrons. The van der Waals surface area contributed by atoms with E-state index in [4.69, 9.17) is 6.57 Å². The summed E-state index contributed by atoms with van der Waals surface area (Å²) in [5.41, 5.74) is 7.27. The molecule has 44 heavy (non-hydrogen) atoms. The number of hydrogen-bond donors (Lipinski definition) is 0. The van der Waals surface area contributed by atoms with Gasteiger partial charge in [-0.05, 0) is 41.5 Å². The first-order valence-electron chi connectivity index (χ1n) is 14.2. The minimum Gasteiger partial charge on any atom is -0.308 e. The van der Waals surface area contributed by atoms with Crippen LogP contribution in [0.4, 0.5) is 11.4 Å². The van der Waals surface area contributed by atoms with Crippen LogP contribution in [0.25, 0.3) is 54.6 Å². The third-order valence-electron chi connectivity index (χ3n) is 8.27. The minimum absolute atomic E-state index is 0.342. The maximum Gasteiger partial charge on any atom is 0.268 e. The molecule has 0 unspecified atom stereocenters. The van der Waals surface area contributed by atoms with E-state index in [1.54, 1.807) is 24.5 Å². The zero-order valence-corrected chi connectivity index (χ0v) is 23.3. The first-order valence-corrected chi connectivity index (χ1v) is 14.2. The lowest BCUT2D eigenvalue weighted by Gasteiger charge is -2.19. The molecular formula is C38H22N4O2. The average molecular weight is 567 g/mol. The van der Waals surface area contributed by atoms with Crippen molar-refractivity contribution in [3.63, 3.8) is 0 Å². The smallest absolute Gasteiger partial charge is 0.268 e. The van der Waals surface area contributed by atoms with Gasteiger partial charge in [-0.15, -0.1) is 0 Å². The fraction of sp³-hybridized carbons (Fsp3) is 0. The molecule has 0 fully saturated rings. The predicted octanol–water partition coefficient (Wildman–Crippen LogP) is 8.86. The maximum atomic E-state index is 14.5. The summed E-state index contributed by atoms with van der Waals surface area (Å²) in [4.78, 5) is 37.9. The second kappa shape index (κ2) is 9.90. The number of carbonyl (C=O) groups is 2. The summed E-state index contributed by atoms with van der Waals surface area (Å²) in [6, 6.07) is 38.4. The number of aromatic nitrogens is 2. The summed E-state index contributed by atoms with van der Waals surface area (Å²) < 4.78 is 2.05. The Morgan fingerprint density at radius 2 is 1.27 bits per heavy atom. The van der Waals surface area contributed by atoms with Crippen molar-refractivity contribution in [2.45, 2.75) is 0 Å². The lowest BCUT2D eigenvalue weighted by Crippen LogP contribution is -2.30. The first kappa shape index (κ1) is 25.4. The van der Waals surface area contributed by atoms with Crippen LogP contribution in [0.15, 0.2) is 134 Å². The molecule has 2 aromatic heterocycles. The van der Waals surface area contributed by atoms with Gasteiger partial charge in [-0.1, -0.05) is 91.0 Å². The average Bonchev–Trinajstić information content (AvgIpc) is 3.56. The number of benzene rings is 5. The van der Waals surface area contributed by atoms with Gasteiger partial charge >= 0.3 is 0 Å². The van der Waals surface area contributed by atoms with E-state index in [0.29, 0.717) is 33.8 Å². The standard InChI is InChI=1S/C38H22N4O2/c1-39-31-21-22-40-23-30(31)28-16-9-15-27-26-14-6-8-19-33(26)41(36(27)28)34-20-10-17-29-35(34)38(44)42(37(29)43)32-18-7-5-13-25(32)24-11-3-2-4-12-24/h2-23H. The van der Waals surface area contributed by atoms with Gasteiger partial charge in [-0.3, -0.25) is 14.6 Å². The highest BCUT2D eigenvalue weighted by Gasteiger charge is 2.40. The van der Waals surface area contributed by atoms with Crippen LogP contribution < -0.4 is 4.90 Å². The Hall–Kier alpha value is -6.32. The third-order valence-corrected chi connectivity index (χ3v) is 8.27. The van der Waals surface area contributed by atoms with Gasteiger partial charge in [0.25, 0.3) is 11.8 Å². The number of rotatable bonds is 4. The highest BCUT2D eigenvalue weighted by Crippen LogP contribution is 2.43. The van der Waals surface area contributed by atoms with Gasteiger partial charge in [0.1, 0.15) is 0 Å². The van der Waals surface area contributed by atoms with Crippen LogP contribution in [0.1, 0.15) is 20.7 Å². The van der Waals surface area contributed by atoms with Crippen LogP contribution in [-0.4, -0.2) is 21.4 Å². The van der Waals surface area contributed by atoms with E-state index >= 15 is 0 Å². The summed E-state index contributed by atoms with van der Waals surface area (Å²) in [5, 5.41) is 1.97. The van der Waals surface area contributed by atoms with E-state index in [0.717, 1.165) is 38.5 Å². The molecule has 8 rings (SSSR count). The minimum atomic E-state index is -0.379. The molecule has 7 aromatic rings. The molecule has 3 heterocycles. The molecule has 0 atom stereocenters. The Balaban J connectivity index is 1.40. The van der Waals surface area contributed by atoms with Crippen LogP contribution >= 0.6 is 0 Å². The van der Waals surface area contributed by atoms with Crippen molar-refractivity contribution in [1.29, 1.82) is 0 Å². The molecule has 0 N–H and O–H groups in total. The van der Waals surface area contributed by atoms with Gasteiger partial charge in [0.2, 0.25) is 0 Å². The van der Waals surface area contributed by atoms with Gasteiger partial charge in [0.15, 0.2) is 5.69 Å². The molecule has 0 spiro atoms. The Bertz CT molecular complexity index is 2350. The number of imide groups is 1. The quantitative estimate of drug-likeness (QED) is 0.158. The van der Waals surface area contributed by atoms with Gasteiger partial charge in [0.05, 0.1) is 40.1 Å². The molecular weight excluding hydrogens is 544 g/mol. The second-order valence-corrected chi connectivity index (χ2v) is 10.6. The van der Waals surface area contributed by atoms with Gasteiger partial charge in [-0.2, -0.15) is 0 Å². The number of fused-ring (bicyclic) bond motifs is 4. The fourth-order valence-electron chi connectivity index (χ4n) is 6.38. The van der Waals surface area contributed by atoms with Crippen molar-refractivity contribution in [3.8, 4) is 27.9 Å². The summed E-state index contributed by atoms with van der Waals surface area (Å²) in [5.74, 6) is -0.741. The number of amides is 2. The second-order valence-electron chi connectivity index (χ2n) is 10.6. The van der Waals surface area contributed by atoms with Crippen molar-refractivity contribution in [2.24, 2.45) is 0 Å². The number of anilines is 1. The molecule has 1 aliphatic heterocycles. The highest BCUT2D eigenvalue weighted by atomic mass is 16.2. The molecule has 0 bridgehead atoms. The predicted molar refractivity (Wildman–Crippen MR) is 173 cm³/mol. The Morgan fingerprint density at radius 3 is 2.14 bits per heavy atom. The lowest BCUT2D eigenvalue weighted by atomic mass is 10.0. The van der Waals surface area contributed by atoms with Crippen molar-refractivity contribution in [2.75, 3.05) is 4.90 Å². The third kappa shape index (κ3) is 3.63. The molecule has 6 heteroatoms. The molecule has 0 radical (unpaired) electrons. The van der Waals surface area contributed by atoms with Crippen LogP contribution in [0.5, 0.6) is 0 Å². The van der Waals surface area contributed by atoms with E-state index in [-0.39, 0.29) is 11.8 Å². The van der Waals surface area contributed by atoms with Crippen LogP contribution in [-0.2, 0) is 0 Å². The largest absolute Gasteiger partial charge is 0.308 e. The van der Waals surface area contributed by atoms with Gasteiger partial charge < -0.3 is 4.57 Å². The summed E-state index contributed by atoms with van der Waals surface area (Å²) >= 11 is 0. The maximum absolute atomic E-state index is 14.5. The van der Waals surface area contributed by atoms with E-state index < -0.39 is 0 Å². The molecule has 2 amide bonds.